The van der Waals surface area contributed by atoms with Crippen LogP contribution in [-0.4, -0.2) is 37.3 Å². The molecule has 2 aliphatic rings. The van der Waals surface area contributed by atoms with Gasteiger partial charge in [-0.05, 0) is 42.9 Å². The molecule has 22 heavy (non-hydrogen) atoms. The number of benzene rings is 1. The van der Waals surface area contributed by atoms with E-state index in [1.165, 1.54) is 18.4 Å². The average molecular weight is 417 g/mol. The summed E-state index contributed by atoms with van der Waals surface area (Å²) in [4.78, 5) is 6.72. The standard InChI is InChI=1S/C16H23N3O2.HI/c1-12-3-2-8-19(10-12)16(17)18-7-6-13-4-5-14-15(9-13)21-11-20-14;/h4-5,9,12H,2-3,6-8,10-11H2,1H3,(H2,17,18);1H. The Kier molecular flexibility index (Phi) is 6.16. The highest BCUT2D eigenvalue weighted by molar-refractivity contribution is 14.0. The van der Waals surface area contributed by atoms with Crippen molar-refractivity contribution in [2.24, 2.45) is 16.6 Å². The van der Waals surface area contributed by atoms with Crippen molar-refractivity contribution in [2.45, 2.75) is 26.2 Å². The molecule has 1 atom stereocenters. The zero-order valence-electron chi connectivity index (χ0n) is 13.0. The normalized spacial score (nSPS) is 20.7. The third-order valence-corrected chi connectivity index (χ3v) is 4.09. The molecule has 0 amide bonds. The highest BCUT2D eigenvalue weighted by atomic mass is 127. The number of hydrogen-bond acceptors (Lipinski definition) is 3. The van der Waals surface area contributed by atoms with Gasteiger partial charge in [-0.25, -0.2) is 0 Å². The van der Waals surface area contributed by atoms with Crippen molar-refractivity contribution < 1.29 is 9.47 Å². The van der Waals surface area contributed by atoms with E-state index < -0.39 is 0 Å². The number of piperidine rings is 1. The summed E-state index contributed by atoms with van der Waals surface area (Å²) in [7, 11) is 0. The molecule has 2 heterocycles. The van der Waals surface area contributed by atoms with Crippen LogP contribution in [0.15, 0.2) is 23.2 Å². The lowest BCUT2D eigenvalue weighted by atomic mass is 10.0. The molecule has 122 valence electrons. The first-order chi connectivity index (χ1) is 10.2. The quantitative estimate of drug-likeness (QED) is 0.467. The van der Waals surface area contributed by atoms with Gasteiger partial charge in [0.1, 0.15) is 0 Å². The average Bonchev–Trinajstić information content (AvgIpc) is 2.94. The Balaban J connectivity index is 0.00000176. The van der Waals surface area contributed by atoms with E-state index in [0.29, 0.717) is 25.2 Å². The molecule has 0 spiro atoms. The van der Waals surface area contributed by atoms with Gasteiger partial charge in [0.2, 0.25) is 6.79 Å². The number of hydrogen-bond donors (Lipinski definition) is 1. The lowest BCUT2D eigenvalue weighted by Gasteiger charge is -2.31. The van der Waals surface area contributed by atoms with E-state index in [-0.39, 0.29) is 24.0 Å². The van der Waals surface area contributed by atoms with Gasteiger partial charge in [0, 0.05) is 19.6 Å². The summed E-state index contributed by atoms with van der Waals surface area (Å²) in [5, 5.41) is 0. The van der Waals surface area contributed by atoms with Crippen LogP contribution in [0.2, 0.25) is 0 Å². The van der Waals surface area contributed by atoms with Gasteiger partial charge in [-0.15, -0.1) is 24.0 Å². The molecular weight excluding hydrogens is 393 g/mol. The highest BCUT2D eigenvalue weighted by Gasteiger charge is 2.17. The van der Waals surface area contributed by atoms with Gasteiger partial charge in [-0.3, -0.25) is 4.99 Å². The van der Waals surface area contributed by atoms with Gasteiger partial charge >= 0.3 is 0 Å². The molecule has 6 heteroatoms. The maximum Gasteiger partial charge on any atom is 0.231 e. The topological polar surface area (TPSA) is 60.1 Å². The molecule has 2 aliphatic heterocycles. The number of likely N-dealkylation sites (tertiary alicyclic amines) is 1. The summed E-state index contributed by atoms with van der Waals surface area (Å²) < 4.78 is 10.7. The van der Waals surface area contributed by atoms with Gasteiger partial charge < -0.3 is 20.1 Å². The van der Waals surface area contributed by atoms with Crippen molar-refractivity contribution in [1.29, 1.82) is 0 Å². The highest BCUT2D eigenvalue weighted by Crippen LogP contribution is 2.32. The number of halogens is 1. The minimum atomic E-state index is 0. The molecule has 0 aliphatic carbocycles. The van der Waals surface area contributed by atoms with E-state index in [9.17, 15) is 0 Å². The number of nitrogens with two attached hydrogens (primary N) is 1. The number of ether oxygens (including phenoxy) is 2. The predicted molar refractivity (Wildman–Crippen MR) is 98.1 cm³/mol. The van der Waals surface area contributed by atoms with E-state index in [1.807, 2.05) is 12.1 Å². The summed E-state index contributed by atoms with van der Waals surface area (Å²) in [6.07, 6.45) is 3.36. The van der Waals surface area contributed by atoms with Crippen LogP contribution >= 0.6 is 24.0 Å². The van der Waals surface area contributed by atoms with Gasteiger partial charge in [0.15, 0.2) is 17.5 Å². The Bertz CT molecular complexity index is 536. The third-order valence-electron chi connectivity index (χ3n) is 4.09. The SMILES string of the molecule is CC1CCCN(C(N)=NCCc2ccc3c(c2)OCO3)C1.I. The van der Waals surface area contributed by atoms with E-state index >= 15 is 0 Å². The molecule has 1 fully saturated rings. The summed E-state index contributed by atoms with van der Waals surface area (Å²) in [6.45, 7) is 5.35. The molecule has 0 saturated carbocycles. The second-order valence-electron chi connectivity index (χ2n) is 5.87. The number of nitrogens with zero attached hydrogens (tertiary/aromatic N) is 2. The molecule has 3 rings (SSSR count). The van der Waals surface area contributed by atoms with E-state index in [0.717, 1.165) is 31.0 Å². The summed E-state index contributed by atoms with van der Waals surface area (Å²) in [5.74, 6) is 3.04. The Hall–Kier alpha value is -1.18. The lowest BCUT2D eigenvalue weighted by Crippen LogP contribution is -2.43. The molecule has 1 unspecified atom stereocenters. The maximum atomic E-state index is 6.10. The maximum absolute atomic E-state index is 6.10. The van der Waals surface area contributed by atoms with Crippen molar-refractivity contribution in [3.05, 3.63) is 23.8 Å². The molecule has 1 aromatic rings. The second-order valence-corrected chi connectivity index (χ2v) is 5.87. The molecule has 0 bridgehead atoms. The van der Waals surface area contributed by atoms with Crippen LogP contribution in [0.3, 0.4) is 0 Å². The fraction of sp³-hybridized carbons (Fsp3) is 0.562. The van der Waals surface area contributed by atoms with Gasteiger partial charge in [-0.1, -0.05) is 13.0 Å². The first-order valence-corrected chi connectivity index (χ1v) is 7.66. The van der Waals surface area contributed by atoms with Crippen LogP contribution in [0.4, 0.5) is 0 Å². The molecular formula is C16H24IN3O2. The van der Waals surface area contributed by atoms with Crippen LogP contribution in [0.1, 0.15) is 25.3 Å². The van der Waals surface area contributed by atoms with Crippen LogP contribution in [0.5, 0.6) is 11.5 Å². The second kappa shape index (κ2) is 7.89. The molecule has 1 saturated heterocycles. The van der Waals surface area contributed by atoms with Crippen LogP contribution in [0, 0.1) is 5.92 Å². The van der Waals surface area contributed by atoms with Crippen molar-refractivity contribution in [3.8, 4) is 11.5 Å². The molecule has 2 N–H and O–H groups in total. The van der Waals surface area contributed by atoms with Crippen LogP contribution < -0.4 is 15.2 Å². The Morgan fingerprint density at radius 3 is 3.00 bits per heavy atom. The first-order valence-electron chi connectivity index (χ1n) is 7.66. The number of rotatable bonds is 3. The fourth-order valence-electron chi connectivity index (χ4n) is 2.89. The fourth-order valence-corrected chi connectivity index (χ4v) is 2.89. The van der Waals surface area contributed by atoms with E-state index in [2.05, 4.69) is 22.9 Å². The summed E-state index contributed by atoms with van der Waals surface area (Å²) >= 11 is 0. The largest absolute Gasteiger partial charge is 0.454 e. The van der Waals surface area contributed by atoms with E-state index in [1.54, 1.807) is 0 Å². The monoisotopic (exact) mass is 417 g/mol. The summed E-state index contributed by atoms with van der Waals surface area (Å²) in [6, 6.07) is 6.04. The zero-order chi connectivity index (χ0) is 14.7. The summed E-state index contributed by atoms with van der Waals surface area (Å²) in [5.41, 5.74) is 7.29. The number of guanidine groups is 1. The zero-order valence-corrected chi connectivity index (χ0v) is 15.3. The Morgan fingerprint density at radius 1 is 1.36 bits per heavy atom. The van der Waals surface area contributed by atoms with Gasteiger partial charge in [0.05, 0.1) is 0 Å². The van der Waals surface area contributed by atoms with Crippen LogP contribution in [-0.2, 0) is 6.42 Å². The number of aliphatic imine (C=N–C) groups is 1. The smallest absolute Gasteiger partial charge is 0.231 e. The molecule has 0 radical (unpaired) electrons. The minimum absolute atomic E-state index is 0. The van der Waals surface area contributed by atoms with E-state index in [4.69, 9.17) is 15.2 Å². The van der Waals surface area contributed by atoms with Gasteiger partial charge in [-0.2, -0.15) is 0 Å². The third kappa shape index (κ3) is 4.18. The Labute approximate surface area is 148 Å². The minimum Gasteiger partial charge on any atom is -0.454 e. The Morgan fingerprint density at radius 2 is 2.18 bits per heavy atom. The van der Waals surface area contributed by atoms with Crippen molar-refractivity contribution in [2.75, 3.05) is 26.4 Å². The first kappa shape index (κ1) is 17.2. The molecule has 0 aromatic heterocycles. The lowest BCUT2D eigenvalue weighted by molar-refractivity contribution is 0.174. The van der Waals surface area contributed by atoms with Crippen molar-refractivity contribution in [3.63, 3.8) is 0 Å². The van der Waals surface area contributed by atoms with Crippen molar-refractivity contribution in [1.82, 2.24) is 4.90 Å². The van der Waals surface area contributed by atoms with Gasteiger partial charge in [0.25, 0.3) is 0 Å². The number of fused-ring (bicyclic) bond motifs is 1. The molecule has 5 nitrogen and oxygen atoms in total. The predicted octanol–water partition coefficient (Wildman–Crippen LogP) is 2.62. The van der Waals surface area contributed by atoms with Crippen molar-refractivity contribution >= 4 is 29.9 Å². The van der Waals surface area contributed by atoms with Crippen LogP contribution in [0.25, 0.3) is 0 Å². The molecule has 1 aromatic carbocycles.